The Labute approximate surface area is 357 Å². The number of sulfonamides is 1. The van der Waals surface area contributed by atoms with Crippen LogP contribution in [0.3, 0.4) is 0 Å². The third kappa shape index (κ3) is 9.30. The van der Waals surface area contributed by atoms with Gasteiger partial charge in [0.2, 0.25) is 27.7 Å². The molecular formula is C45H60F2N4O9S. The van der Waals surface area contributed by atoms with Crippen molar-refractivity contribution in [1.29, 1.82) is 0 Å². The molecule has 1 aromatic heterocycles. The number of carbonyl (C=O) groups is 4. The molecule has 0 radical (unpaired) electrons. The molecule has 2 saturated heterocycles. The molecule has 3 aliphatic heterocycles. The zero-order valence-corrected chi connectivity index (χ0v) is 36.9. The van der Waals surface area contributed by atoms with Crippen molar-refractivity contribution < 1.29 is 50.6 Å². The lowest BCUT2D eigenvalue weighted by atomic mass is 9.82. The highest BCUT2D eigenvalue weighted by Gasteiger charge is 2.63. The predicted octanol–water partition coefficient (Wildman–Crippen LogP) is 6.38. The number of aromatic nitrogens is 1. The molecule has 2 saturated carbocycles. The van der Waals surface area contributed by atoms with Gasteiger partial charge in [-0.05, 0) is 83.1 Å². The van der Waals surface area contributed by atoms with Crippen LogP contribution < -0.4 is 14.4 Å². The average molecular weight is 871 g/mol. The summed E-state index contributed by atoms with van der Waals surface area (Å²) >= 11 is 0. The molecule has 1 N–H and O–H groups in total. The fourth-order valence-corrected chi connectivity index (χ4v) is 10.5. The largest absolute Gasteiger partial charge is 0.472 e. The number of hydrogen-bond acceptors (Lipinski definition) is 11. The summed E-state index contributed by atoms with van der Waals surface area (Å²) in [6.07, 6.45) is 7.08. The number of allylic oxidation sites excluding steroid dienone is 2. The van der Waals surface area contributed by atoms with Crippen molar-refractivity contribution in [3.05, 3.63) is 42.6 Å². The number of fused-ring (bicyclic) bond motifs is 3. The van der Waals surface area contributed by atoms with Gasteiger partial charge in [0.1, 0.15) is 6.10 Å². The molecule has 2 amide bonds. The van der Waals surface area contributed by atoms with E-state index in [4.69, 9.17) is 19.2 Å². The molecule has 7 rings (SSSR count). The van der Waals surface area contributed by atoms with Crippen molar-refractivity contribution in [3.63, 3.8) is 0 Å². The molecule has 0 bridgehead atoms. The molecule has 16 heteroatoms. The molecule has 0 unspecified atom stereocenters. The normalized spacial score (nSPS) is 30.4. The Morgan fingerprint density at radius 1 is 1.05 bits per heavy atom. The Hall–Kier alpha value is -4.18. The molecule has 2 aliphatic carbocycles. The van der Waals surface area contributed by atoms with Crippen molar-refractivity contribution in [3.8, 4) is 5.88 Å². The van der Waals surface area contributed by atoms with E-state index in [0.717, 1.165) is 30.3 Å². The third-order valence-corrected chi connectivity index (χ3v) is 16.1. The molecular weight excluding hydrogens is 811 g/mol. The zero-order chi connectivity index (χ0) is 44.1. The zero-order valence-electron chi connectivity index (χ0n) is 36.1. The average Bonchev–Trinajstić information content (AvgIpc) is 4.08. The van der Waals surface area contributed by atoms with Crippen LogP contribution in [0.25, 0.3) is 10.8 Å². The first kappa shape index (κ1) is 44.9. The summed E-state index contributed by atoms with van der Waals surface area (Å²) in [4.78, 5) is 65.7. The number of nitrogens with one attached hydrogen (secondary N) is 1. The maximum Gasteiger partial charge on any atom is 0.307 e. The minimum Gasteiger partial charge on any atom is -0.472 e. The molecule has 4 fully saturated rings. The number of alkyl halides is 2. The van der Waals surface area contributed by atoms with E-state index in [0.29, 0.717) is 71.2 Å². The number of rotatable bonds is 10. The molecule has 4 heterocycles. The van der Waals surface area contributed by atoms with Gasteiger partial charge in [-0.3, -0.25) is 23.9 Å². The summed E-state index contributed by atoms with van der Waals surface area (Å²) in [6, 6.07) is 6.59. The van der Waals surface area contributed by atoms with E-state index in [-0.39, 0.29) is 31.7 Å². The standard InChI is InChI=1S/C45H60F2N4O9S/c1-28-11-7-8-12-30-24-45(30,41(55)49-61(56,57)43(5)15-16-43)25-37(52)35-22-31(59-39-33-14-10-9-13-32(33)36(26-48-39)50-17-19-58-20-18-50)27-51(35)40(54)34(29(2)21-28)23-38(53)60-42(3,4)44(6,46)47/h8-10,12-14,26,28-31,34-35H,7,11,15-25,27H2,1-6H3,(H,49,55)/b12-8-/t28-,29-,30-,31-,34+,35+,45-/m1/s1. The second-order valence-corrected chi connectivity index (χ2v) is 21.3. The van der Waals surface area contributed by atoms with Crippen molar-refractivity contribution in [2.45, 2.75) is 128 Å². The second kappa shape index (κ2) is 16.8. The molecule has 0 spiro atoms. The first-order valence-electron chi connectivity index (χ1n) is 21.7. The van der Waals surface area contributed by atoms with Crippen molar-refractivity contribution in [2.75, 3.05) is 37.7 Å². The van der Waals surface area contributed by atoms with Crippen LogP contribution >= 0.6 is 0 Å². The van der Waals surface area contributed by atoms with Gasteiger partial charge >= 0.3 is 5.97 Å². The van der Waals surface area contributed by atoms with Crippen LogP contribution in [0.5, 0.6) is 5.88 Å². The highest BCUT2D eigenvalue weighted by molar-refractivity contribution is 7.91. The van der Waals surface area contributed by atoms with Crippen LogP contribution in [0.1, 0.15) is 99.3 Å². The number of morpholine rings is 1. The van der Waals surface area contributed by atoms with Gasteiger partial charge in [-0.15, -0.1) is 0 Å². The topological polar surface area (TPSA) is 162 Å². The Bertz CT molecular complexity index is 2170. The summed E-state index contributed by atoms with van der Waals surface area (Å²) in [7, 11) is -4.01. The van der Waals surface area contributed by atoms with E-state index in [9.17, 15) is 31.6 Å². The van der Waals surface area contributed by atoms with Crippen molar-refractivity contribution >= 4 is 50.1 Å². The summed E-state index contributed by atoms with van der Waals surface area (Å²) < 4.78 is 74.3. The smallest absolute Gasteiger partial charge is 0.307 e. The quantitative estimate of drug-likeness (QED) is 0.209. The van der Waals surface area contributed by atoms with Crippen molar-refractivity contribution in [2.24, 2.45) is 29.1 Å². The van der Waals surface area contributed by atoms with Gasteiger partial charge in [0.05, 0.1) is 60.2 Å². The Morgan fingerprint density at radius 3 is 2.41 bits per heavy atom. The van der Waals surface area contributed by atoms with Crippen LogP contribution in [-0.4, -0.2) is 103 Å². The monoisotopic (exact) mass is 870 g/mol. The number of pyridine rings is 1. The lowest BCUT2D eigenvalue weighted by Crippen LogP contribution is -2.49. The first-order valence-corrected chi connectivity index (χ1v) is 23.2. The number of anilines is 1. The number of nitrogens with zero attached hydrogens (tertiary/aromatic N) is 3. The number of halogens is 2. The number of Topliss-reactive ketones (excluding diaryl/α,β-unsaturated/α-hetero) is 1. The van der Waals surface area contributed by atoms with Crippen LogP contribution in [0.4, 0.5) is 14.5 Å². The van der Waals surface area contributed by atoms with Crippen LogP contribution in [-0.2, 0) is 38.7 Å². The number of carbonyl (C=O) groups excluding carboxylic acids is 4. The van der Waals surface area contributed by atoms with Crippen LogP contribution in [0.15, 0.2) is 42.6 Å². The lowest BCUT2D eigenvalue weighted by Gasteiger charge is -2.34. The fraction of sp³-hybridized carbons (Fsp3) is 0.667. The van der Waals surface area contributed by atoms with Gasteiger partial charge in [0.25, 0.3) is 5.92 Å². The lowest BCUT2D eigenvalue weighted by molar-refractivity contribution is -0.197. The number of amides is 2. The molecule has 61 heavy (non-hydrogen) atoms. The van der Waals surface area contributed by atoms with Gasteiger partial charge in [-0.2, -0.15) is 0 Å². The molecule has 13 nitrogen and oxygen atoms in total. The maximum absolute atomic E-state index is 15.0. The van der Waals surface area contributed by atoms with Crippen LogP contribution in [0, 0.1) is 29.1 Å². The van der Waals surface area contributed by atoms with E-state index in [1.54, 1.807) is 13.1 Å². The van der Waals surface area contributed by atoms with Gasteiger partial charge in [-0.25, -0.2) is 22.2 Å². The minimum atomic E-state index is -4.01. The van der Waals surface area contributed by atoms with E-state index < -0.39 is 91.6 Å². The van der Waals surface area contributed by atoms with Crippen LogP contribution in [0.2, 0.25) is 0 Å². The molecule has 1 aromatic carbocycles. The highest BCUT2D eigenvalue weighted by Crippen LogP contribution is 2.58. The predicted molar refractivity (Wildman–Crippen MR) is 224 cm³/mol. The van der Waals surface area contributed by atoms with Gasteiger partial charge in [0.15, 0.2) is 11.4 Å². The Kier molecular flexibility index (Phi) is 12.4. The SMILES string of the molecule is C[C@@H]1CC/C=C\[C@@H]2C[C@@]2(C(=O)NS(=O)(=O)C2(C)CC2)CC(=O)[C@@H]2C[C@@H](Oc3ncc(N4CCOCC4)c4ccccc34)CN2C(=O)[C@@H](CC(=O)OC(C)(C)C(C)(F)F)[C@H](C)C1. The summed E-state index contributed by atoms with van der Waals surface area (Å²) in [5.74, 6) is -7.46. The number of esters is 1. The third-order valence-electron chi connectivity index (χ3n) is 14.0. The molecule has 2 aromatic rings. The second-order valence-electron chi connectivity index (χ2n) is 19.1. The molecule has 5 aliphatic rings. The highest BCUT2D eigenvalue weighted by atomic mass is 32.2. The first-order chi connectivity index (χ1) is 28.6. The number of benzene rings is 1. The maximum atomic E-state index is 15.0. The summed E-state index contributed by atoms with van der Waals surface area (Å²) in [5, 5.41) is 1.65. The number of hydrogen-bond donors (Lipinski definition) is 1. The molecule has 334 valence electrons. The van der Waals surface area contributed by atoms with E-state index >= 15 is 4.79 Å². The minimum absolute atomic E-state index is 0.0391. The summed E-state index contributed by atoms with van der Waals surface area (Å²) in [6.45, 7) is 10.9. The molecule has 7 atom stereocenters. The van der Waals surface area contributed by atoms with Crippen molar-refractivity contribution in [1.82, 2.24) is 14.6 Å². The number of ether oxygens (including phenoxy) is 3. The van der Waals surface area contributed by atoms with Gasteiger partial charge in [0, 0.05) is 43.6 Å². The van der Waals surface area contributed by atoms with E-state index in [2.05, 4.69) is 9.62 Å². The Morgan fingerprint density at radius 2 is 1.74 bits per heavy atom. The van der Waals surface area contributed by atoms with Gasteiger partial charge < -0.3 is 24.0 Å². The number of ketones is 1. The van der Waals surface area contributed by atoms with E-state index in [1.165, 1.54) is 4.90 Å². The Balaban J connectivity index is 1.22. The summed E-state index contributed by atoms with van der Waals surface area (Å²) in [5.41, 5.74) is -2.56. The van der Waals surface area contributed by atoms with E-state index in [1.807, 2.05) is 50.3 Å². The fourth-order valence-electron chi connectivity index (χ4n) is 9.14. The van der Waals surface area contributed by atoms with Gasteiger partial charge in [-0.1, -0.05) is 44.2 Å².